The van der Waals surface area contributed by atoms with Crippen LogP contribution in [0.1, 0.15) is 46.0 Å². The van der Waals surface area contributed by atoms with Crippen LogP contribution in [0.15, 0.2) is 0 Å². The van der Waals surface area contributed by atoms with Crippen molar-refractivity contribution >= 4 is 22.6 Å². The van der Waals surface area contributed by atoms with E-state index in [1.54, 1.807) is 0 Å². The van der Waals surface area contributed by atoms with Crippen molar-refractivity contribution in [2.24, 2.45) is 11.8 Å². The number of halogens is 1. The summed E-state index contributed by atoms with van der Waals surface area (Å²) in [5.41, 5.74) is 0. The Morgan fingerprint density at radius 2 is 2.18 bits per heavy atom. The van der Waals surface area contributed by atoms with Crippen molar-refractivity contribution < 1.29 is 0 Å². The second kappa shape index (κ2) is 4.68. The van der Waals surface area contributed by atoms with Crippen LogP contribution >= 0.6 is 22.6 Å². The molecule has 0 N–H and O–H groups in total. The minimum atomic E-state index is 0.898. The third-order valence-corrected chi connectivity index (χ3v) is 3.95. The molecule has 1 fully saturated rings. The lowest BCUT2D eigenvalue weighted by molar-refractivity contribution is 0.463. The molecule has 0 aromatic heterocycles. The van der Waals surface area contributed by atoms with Crippen molar-refractivity contribution in [1.29, 1.82) is 0 Å². The van der Waals surface area contributed by atoms with Crippen LogP contribution in [-0.4, -0.2) is 3.92 Å². The number of alkyl halides is 1. The predicted molar refractivity (Wildman–Crippen MR) is 59.2 cm³/mol. The van der Waals surface area contributed by atoms with Gasteiger partial charge in [-0.1, -0.05) is 55.7 Å². The van der Waals surface area contributed by atoms with Gasteiger partial charge in [-0.3, -0.25) is 0 Å². The van der Waals surface area contributed by atoms with Gasteiger partial charge in [0.15, 0.2) is 0 Å². The lowest BCUT2D eigenvalue weighted by atomic mass is 9.99. The Bertz CT molecular complexity index is 109. The van der Waals surface area contributed by atoms with Crippen LogP contribution in [0, 0.1) is 11.8 Å². The molecule has 66 valence electrons. The van der Waals surface area contributed by atoms with Gasteiger partial charge >= 0.3 is 0 Å². The average Bonchev–Trinajstić information content (AvgIpc) is 2.37. The summed E-state index contributed by atoms with van der Waals surface area (Å²) < 4.78 is 0.898. The molecule has 0 nitrogen and oxygen atoms in total. The summed E-state index contributed by atoms with van der Waals surface area (Å²) in [4.78, 5) is 0. The average molecular weight is 266 g/mol. The summed E-state index contributed by atoms with van der Waals surface area (Å²) in [5.74, 6) is 2.11. The SMILES string of the molecule is CCC[C@@H]1CCC(C(C)I)C1. The summed E-state index contributed by atoms with van der Waals surface area (Å²) in [6, 6.07) is 0. The molecule has 1 saturated carbocycles. The van der Waals surface area contributed by atoms with Gasteiger partial charge in [0.25, 0.3) is 0 Å². The molecular formula is C10H19I. The highest BCUT2D eigenvalue weighted by molar-refractivity contribution is 14.1. The highest BCUT2D eigenvalue weighted by Crippen LogP contribution is 2.37. The highest BCUT2D eigenvalue weighted by atomic mass is 127. The van der Waals surface area contributed by atoms with E-state index in [9.17, 15) is 0 Å². The summed E-state index contributed by atoms with van der Waals surface area (Å²) in [6.45, 7) is 4.67. The standard InChI is InChI=1S/C10H19I/c1-3-4-9-5-6-10(7-9)8(2)11/h8-10H,3-7H2,1-2H3/t8?,9-,10?/m1/s1. The minimum Gasteiger partial charge on any atom is -0.0826 e. The Labute approximate surface area is 84.3 Å². The predicted octanol–water partition coefficient (Wildman–Crippen LogP) is 4.03. The molecule has 0 spiro atoms. The van der Waals surface area contributed by atoms with Gasteiger partial charge in [-0.25, -0.2) is 0 Å². The second-order valence-electron chi connectivity index (χ2n) is 3.91. The largest absolute Gasteiger partial charge is 0.0826 e. The van der Waals surface area contributed by atoms with E-state index < -0.39 is 0 Å². The second-order valence-corrected chi connectivity index (χ2v) is 5.87. The van der Waals surface area contributed by atoms with Gasteiger partial charge in [0.2, 0.25) is 0 Å². The lowest BCUT2D eigenvalue weighted by Crippen LogP contribution is -2.06. The molecule has 0 heterocycles. The first kappa shape index (κ1) is 9.82. The molecule has 0 aromatic rings. The fourth-order valence-electron chi connectivity index (χ4n) is 2.20. The van der Waals surface area contributed by atoms with Crippen molar-refractivity contribution in [2.45, 2.75) is 49.9 Å². The van der Waals surface area contributed by atoms with Gasteiger partial charge in [0, 0.05) is 3.92 Å². The lowest BCUT2D eigenvalue weighted by Gasteiger charge is -2.12. The molecule has 1 aliphatic carbocycles. The molecule has 1 heteroatoms. The van der Waals surface area contributed by atoms with Crippen LogP contribution in [0.2, 0.25) is 0 Å². The molecule has 0 aromatic carbocycles. The molecule has 0 bridgehead atoms. The molecule has 11 heavy (non-hydrogen) atoms. The molecular weight excluding hydrogens is 247 g/mol. The van der Waals surface area contributed by atoms with Crippen molar-refractivity contribution in [2.75, 3.05) is 0 Å². The van der Waals surface area contributed by atoms with Crippen LogP contribution in [0.25, 0.3) is 0 Å². The van der Waals surface area contributed by atoms with Crippen molar-refractivity contribution in [3.05, 3.63) is 0 Å². The molecule has 1 aliphatic rings. The quantitative estimate of drug-likeness (QED) is 0.534. The van der Waals surface area contributed by atoms with Gasteiger partial charge in [-0.05, 0) is 24.7 Å². The monoisotopic (exact) mass is 266 g/mol. The molecule has 0 radical (unpaired) electrons. The molecule has 0 saturated heterocycles. The maximum atomic E-state index is 2.58. The topological polar surface area (TPSA) is 0 Å². The first-order valence-corrected chi connectivity index (χ1v) is 6.12. The normalized spacial score (nSPS) is 34.1. The van der Waals surface area contributed by atoms with Gasteiger partial charge in [0.05, 0.1) is 0 Å². The molecule has 0 aliphatic heterocycles. The Morgan fingerprint density at radius 1 is 1.45 bits per heavy atom. The van der Waals surface area contributed by atoms with E-state index in [-0.39, 0.29) is 0 Å². The Morgan fingerprint density at radius 3 is 2.64 bits per heavy atom. The van der Waals surface area contributed by atoms with E-state index in [1.165, 1.54) is 32.1 Å². The fraction of sp³-hybridized carbons (Fsp3) is 1.00. The van der Waals surface area contributed by atoms with Crippen LogP contribution in [0.4, 0.5) is 0 Å². The Balaban J connectivity index is 2.23. The Kier molecular flexibility index (Phi) is 4.18. The van der Waals surface area contributed by atoms with E-state index in [1.807, 2.05) is 0 Å². The Hall–Kier alpha value is 0.730. The van der Waals surface area contributed by atoms with Gasteiger partial charge in [0.1, 0.15) is 0 Å². The van der Waals surface area contributed by atoms with Gasteiger partial charge in [-0.2, -0.15) is 0 Å². The van der Waals surface area contributed by atoms with E-state index in [0.717, 1.165) is 15.8 Å². The van der Waals surface area contributed by atoms with Crippen molar-refractivity contribution in [1.82, 2.24) is 0 Å². The zero-order valence-electron chi connectivity index (χ0n) is 7.65. The van der Waals surface area contributed by atoms with Crippen LogP contribution in [-0.2, 0) is 0 Å². The van der Waals surface area contributed by atoms with Crippen molar-refractivity contribution in [3.8, 4) is 0 Å². The van der Waals surface area contributed by atoms with E-state index in [4.69, 9.17) is 0 Å². The van der Waals surface area contributed by atoms with Crippen molar-refractivity contribution in [3.63, 3.8) is 0 Å². The third-order valence-electron chi connectivity index (χ3n) is 2.93. The number of hydrogen-bond donors (Lipinski definition) is 0. The van der Waals surface area contributed by atoms with E-state index >= 15 is 0 Å². The molecule has 2 unspecified atom stereocenters. The van der Waals surface area contributed by atoms with E-state index in [0.29, 0.717) is 0 Å². The van der Waals surface area contributed by atoms with Gasteiger partial charge in [-0.15, -0.1) is 0 Å². The summed E-state index contributed by atoms with van der Waals surface area (Å²) in [5, 5.41) is 0. The highest BCUT2D eigenvalue weighted by Gasteiger charge is 2.26. The summed E-state index contributed by atoms with van der Waals surface area (Å²) in [7, 11) is 0. The zero-order valence-corrected chi connectivity index (χ0v) is 9.80. The first-order valence-electron chi connectivity index (χ1n) is 4.88. The molecule has 0 amide bonds. The smallest absolute Gasteiger partial charge is 0.0110 e. The minimum absolute atomic E-state index is 0.898. The maximum Gasteiger partial charge on any atom is 0.0110 e. The maximum absolute atomic E-state index is 2.58. The number of rotatable bonds is 3. The molecule has 3 atom stereocenters. The van der Waals surface area contributed by atoms with Crippen LogP contribution < -0.4 is 0 Å². The van der Waals surface area contributed by atoms with Crippen LogP contribution in [0.5, 0.6) is 0 Å². The van der Waals surface area contributed by atoms with E-state index in [2.05, 4.69) is 36.4 Å². The summed E-state index contributed by atoms with van der Waals surface area (Å²) >= 11 is 2.58. The summed E-state index contributed by atoms with van der Waals surface area (Å²) in [6.07, 6.45) is 7.37. The van der Waals surface area contributed by atoms with Gasteiger partial charge < -0.3 is 0 Å². The van der Waals surface area contributed by atoms with Crippen LogP contribution in [0.3, 0.4) is 0 Å². The number of hydrogen-bond acceptors (Lipinski definition) is 0. The first-order chi connectivity index (χ1) is 5.24. The zero-order chi connectivity index (χ0) is 8.27. The third kappa shape index (κ3) is 2.92. The molecule has 1 rings (SSSR count). The fourth-order valence-corrected chi connectivity index (χ4v) is 2.85.